The number of hydrogen-bond acceptors (Lipinski definition) is 3. The highest BCUT2D eigenvalue weighted by Gasteiger charge is 2.33. The number of halogens is 5. The molecule has 10 heteroatoms. The Morgan fingerprint density at radius 3 is 2.32 bits per heavy atom. The van der Waals surface area contributed by atoms with Crippen molar-refractivity contribution < 1.29 is 18.0 Å². The van der Waals surface area contributed by atoms with Crippen LogP contribution in [0.2, 0.25) is 10.0 Å². The van der Waals surface area contributed by atoms with E-state index in [1.807, 2.05) is 0 Å². The summed E-state index contributed by atoms with van der Waals surface area (Å²) < 4.78 is 40.1. The fourth-order valence-electron chi connectivity index (χ4n) is 2.38. The number of amides is 1. The number of hydrogen-bond donors (Lipinski definition) is 1. The zero-order valence-corrected chi connectivity index (χ0v) is 15.3. The highest BCUT2D eigenvalue weighted by molar-refractivity contribution is 6.41. The van der Waals surface area contributed by atoms with Crippen LogP contribution in [0.25, 0.3) is 5.69 Å². The first-order valence-corrected chi connectivity index (χ1v) is 8.45. The molecule has 28 heavy (non-hydrogen) atoms. The molecule has 144 valence electrons. The molecule has 1 amide bonds. The van der Waals surface area contributed by atoms with E-state index in [0.717, 1.165) is 16.8 Å². The van der Waals surface area contributed by atoms with Crippen molar-refractivity contribution in [3.63, 3.8) is 0 Å². The second kappa shape index (κ2) is 7.65. The highest BCUT2D eigenvalue weighted by Crippen LogP contribution is 2.34. The van der Waals surface area contributed by atoms with Crippen molar-refractivity contribution in [1.29, 1.82) is 0 Å². The molecule has 3 rings (SSSR count). The first-order chi connectivity index (χ1) is 13.2. The fraction of sp³-hybridized carbons (Fsp3) is 0.0556. The Hall–Kier alpha value is -2.84. The lowest BCUT2D eigenvalue weighted by Gasteiger charge is -2.13. The van der Waals surface area contributed by atoms with Crippen LogP contribution in [0, 0.1) is 0 Å². The van der Waals surface area contributed by atoms with Crippen LogP contribution in [0.5, 0.6) is 0 Å². The molecule has 0 atom stereocenters. The summed E-state index contributed by atoms with van der Waals surface area (Å²) in [6.07, 6.45) is -3.41. The summed E-state index contributed by atoms with van der Waals surface area (Å²) in [6, 6.07) is 10.2. The van der Waals surface area contributed by atoms with E-state index in [-0.39, 0.29) is 21.3 Å². The largest absolute Gasteiger partial charge is 0.418 e. The Balaban J connectivity index is 1.86. The van der Waals surface area contributed by atoms with Crippen LogP contribution in [0.3, 0.4) is 0 Å². The van der Waals surface area contributed by atoms with Crippen molar-refractivity contribution in [2.45, 2.75) is 6.18 Å². The van der Waals surface area contributed by atoms with E-state index < -0.39 is 23.2 Å². The average Bonchev–Trinajstić information content (AvgIpc) is 2.66. The monoisotopic (exact) mass is 427 g/mol. The Morgan fingerprint density at radius 1 is 1.04 bits per heavy atom. The fourth-order valence-corrected chi connectivity index (χ4v) is 2.64. The summed E-state index contributed by atoms with van der Waals surface area (Å²) in [4.78, 5) is 24.4. The lowest BCUT2D eigenvalue weighted by molar-refractivity contribution is -0.136. The number of alkyl halides is 3. The summed E-state index contributed by atoms with van der Waals surface area (Å²) in [5, 5.41) is 5.89. The van der Waals surface area contributed by atoms with Crippen LogP contribution < -0.4 is 10.9 Å². The van der Waals surface area contributed by atoms with Crippen LogP contribution in [-0.4, -0.2) is 15.7 Å². The van der Waals surface area contributed by atoms with E-state index in [1.165, 1.54) is 42.6 Å². The first kappa shape index (κ1) is 19.9. The summed E-state index contributed by atoms with van der Waals surface area (Å²) in [6.45, 7) is 0. The van der Waals surface area contributed by atoms with Gasteiger partial charge >= 0.3 is 6.18 Å². The SMILES string of the molecule is O=C(Nc1ccccc1C(F)(F)F)c1ccc(-n2ncc(Cl)c(Cl)c2=O)cc1. The molecule has 0 saturated carbocycles. The summed E-state index contributed by atoms with van der Waals surface area (Å²) in [5.74, 6) is -0.738. The Morgan fingerprint density at radius 2 is 1.68 bits per heavy atom. The maximum Gasteiger partial charge on any atom is 0.418 e. The molecule has 0 bridgehead atoms. The Labute approximate surface area is 166 Å². The molecular formula is C18H10Cl2F3N3O2. The van der Waals surface area contributed by atoms with Gasteiger partial charge in [0.2, 0.25) is 0 Å². The zero-order chi connectivity index (χ0) is 20.5. The number of carbonyl (C=O) groups is 1. The second-order valence-corrected chi connectivity index (χ2v) is 6.35. The number of aromatic nitrogens is 2. The van der Waals surface area contributed by atoms with E-state index in [0.29, 0.717) is 5.69 Å². The molecule has 0 unspecified atom stereocenters. The molecule has 0 aliphatic heterocycles. The van der Waals surface area contributed by atoms with Crippen molar-refractivity contribution in [3.8, 4) is 5.69 Å². The quantitative estimate of drug-likeness (QED) is 0.652. The number of benzene rings is 2. The lowest BCUT2D eigenvalue weighted by Crippen LogP contribution is -2.21. The van der Waals surface area contributed by atoms with Gasteiger partial charge in [-0.05, 0) is 36.4 Å². The predicted molar refractivity (Wildman–Crippen MR) is 99.3 cm³/mol. The smallest absolute Gasteiger partial charge is 0.321 e. The average molecular weight is 428 g/mol. The summed E-state index contributed by atoms with van der Waals surface area (Å²) >= 11 is 11.5. The van der Waals surface area contributed by atoms with Crippen LogP contribution in [0.4, 0.5) is 18.9 Å². The topological polar surface area (TPSA) is 64.0 Å². The molecule has 3 aromatic rings. The van der Waals surface area contributed by atoms with E-state index in [1.54, 1.807) is 0 Å². The number of nitrogens with one attached hydrogen (secondary N) is 1. The van der Waals surface area contributed by atoms with Crippen LogP contribution in [0.1, 0.15) is 15.9 Å². The van der Waals surface area contributed by atoms with Crippen molar-refractivity contribution in [3.05, 3.63) is 86.3 Å². The van der Waals surface area contributed by atoms with Gasteiger partial charge in [-0.1, -0.05) is 35.3 Å². The number of para-hydroxylation sites is 1. The molecule has 0 aliphatic rings. The molecule has 0 radical (unpaired) electrons. The van der Waals surface area contributed by atoms with E-state index in [4.69, 9.17) is 23.2 Å². The molecule has 0 fully saturated rings. The third kappa shape index (κ3) is 4.02. The van der Waals surface area contributed by atoms with Gasteiger partial charge in [0.15, 0.2) is 0 Å². The minimum Gasteiger partial charge on any atom is -0.321 e. The molecule has 5 nitrogen and oxygen atoms in total. The summed E-state index contributed by atoms with van der Waals surface area (Å²) in [5.41, 5.74) is -1.56. The van der Waals surface area contributed by atoms with Gasteiger partial charge in [-0.15, -0.1) is 0 Å². The minimum atomic E-state index is -4.60. The normalized spacial score (nSPS) is 11.3. The maximum absolute atomic E-state index is 13.0. The Bertz CT molecular complexity index is 1100. The van der Waals surface area contributed by atoms with Crippen LogP contribution >= 0.6 is 23.2 Å². The lowest BCUT2D eigenvalue weighted by atomic mass is 10.1. The van der Waals surface area contributed by atoms with Gasteiger partial charge in [0.1, 0.15) is 5.02 Å². The molecule has 0 spiro atoms. The van der Waals surface area contributed by atoms with Crippen molar-refractivity contribution in [2.75, 3.05) is 5.32 Å². The van der Waals surface area contributed by atoms with Crippen molar-refractivity contribution in [1.82, 2.24) is 9.78 Å². The number of rotatable bonds is 3. The van der Waals surface area contributed by atoms with Gasteiger partial charge in [-0.2, -0.15) is 23.0 Å². The van der Waals surface area contributed by atoms with E-state index in [2.05, 4.69) is 10.4 Å². The molecule has 1 heterocycles. The van der Waals surface area contributed by atoms with Crippen LogP contribution in [-0.2, 0) is 6.18 Å². The van der Waals surface area contributed by atoms with Crippen molar-refractivity contribution in [2.24, 2.45) is 0 Å². The molecule has 1 aromatic heterocycles. The molecule has 1 N–H and O–H groups in total. The van der Waals surface area contributed by atoms with E-state index in [9.17, 15) is 22.8 Å². The second-order valence-electron chi connectivity index (χ2n) is 5.57. The molecule has 2 aromatic carbocycles. The van der Waals surface area contributed by atoms with Gasteiger partial charge < -0.3 is 5.32 Å². The van der Waals surface area contributed by atoms with Gasteiger partial charge in [0.25, 0.3) is 11.5 Å². The predicted octanol–water partition coefficient (Wildman–Crippen LogP) is 4.81. The highest BCUT2D eigenvalue weighted by atomic mass is 35.5. The zero-order valence-electron chi connectivity index (χ0n) is 13.8. The van der Waals surface area contributed by atoms with E-state index >= 15 is 0 Å². The third-order valence-electron chi connectivity index (χ3n) is 3.73. The summed E-state index contributed by atoms with van der Waals surface area (Å²) in [7, 11) is 0. The minimum absolute atomic E-state index is 0.00208. The van der Waals surface area contributed by atoms with Crippen LogP contribution in [0.15, 0.2) is 59.5 Å². The molecular weight excluding hydrogens is 418 g/mol. The number of carbonyl (C=O) groups excluding carboxylic acids is 1. The standard InChI is InChI=1S/C18H10Cl2F3N3O2/c19-13-9-24-26(17(28)15(13)20)11-7-5-10(6-8-11)16(27)25-14-4-2-1-3-12(14)18(21,22)23/h1-9H,(H,25,27). The van der Waals surface area contributed by atoms with Gasteiger partial charge in [0.05, 0.1) is 28.2 Å². The number of anilines is 1. The Kier molecular flexibility index (Phi) is 5.44. The van der Waals surface area contributed by atoms with Gasteiger partial charge in [0, 0.05) is 5.56 Å². The van der Waals surface area contributed by atoms with Crippen molar-refractivity contribution >= 4 is 34.8 Å². The van der Waals surface area contributed by atoms with Gasteiger partial charge in [-0.25, -0.2) is 0 Å². The third-order valence-corrected chi connectivity index (χ3v) is 4.48. The first-order valence-electron chi connectivity index (χ1n) is 7.70. The number of nitrogens with zero attached hydrogens (tertiary/aromatic N) is 2. The maximum atomic E-state index is 13.0. The molecule has 0 aliphatic carbocycles. The van der Waals surface area contributed by atoms with Gasteiger partial charge in [-0.3, -0.25) is 9.59 Å². The molecule has 0 saturated heterocycles.